The Morgan fingerprint density at radius 3 is 2.50 bits per heavy atom. The summed E-state index contributed by atoms with van der Waals surface area (Å²) in [6, 6.07) is -0.907. The number of aliphatic carboxylic acids is 1. The molecule has 3 heterocycles. The molecule has 3 rings (SSSR count). The zero-order chi connectivity index (χ0) is 23.3. The number of aliphatic hydroxyl groups excluding tert-OH is 2. The fraction of sp³-hybridized carbons (Fsp3) is 0.562. The molecular weight excluding hydrogens is 443 g/mol. The first kappa shape index (κ1) is 27.9. The Balaban J connectivity index is 0.000000945. The molecule has 0 radical (unpaired) electrons. The summed E-state index contributed by atoms with van der Waals surface area (Å²) in [7, 11) is -0.235. The van der Waals surface area contributed by atoms with E-state index in [1.807, 2.05) is 6.26 Å². The van der Waals surface area contributed by atoms with Gasteiger partial charge in [-0.1, -0.05) is 0 Å². The average molecular weight is 466 g/mol. The molecule has 1 fully saturated rings. The number of aliphatic hydroxyl groups is 2. The predicted octanol–water partition coefficient (Wildman–Crippen LogP) is -7.37. The Morgan fingerprint density at radius 1 is 1.28 bits per heavy atom. The Hall–Kier alpha value is -2.12. The zero-order valence-corrected chi connectivity index (χ0v) is 18.2. The van der Waals surface area contributed by atoms with Gasteiger partial charge >= 0.3 is 24.8 Å². The second-order valence-electron chi connectivity index (χ2n) is 6.76. The number of rotatable bonds is 7. The van der Waals surface area contributed by atoms with Crippen LogP contribution < -0.4 is 40.5 Å². The van der Waals surface area contributed by atoms with Crippen LogP contribution in [0.2, 0.25) is 0 Å². The molecule has 14 nitrogen and oxygen atoms in total. The number of carbonyl (C=O) groups excluding carboxylic acids is 1. The molecule has 1 aliphatic heterocycles. The maximum absolute atomic E-state index is 10.8. The minimum Gasteiger partial charge on any atom is -0.652 e. The molecule has 16 heteroatoms. The topological polar surface area (TPSA) is 246 Å². The van der Waals surface area contributed by atoms with Crippen LogP contribution in [0.25, 0.3) is 11.2 Å². The van der Waals surface area contributed by atoms with Crippen molar-refractivity contribution in [1.29, 1.82) is 0 Å². The van der Waals surface area contributed by atoms with Crippen molar-refractivity contribution < 1.29 is 58.7 Å². The minimum atomic E-state index is -2.33. The van der Waals surface area contributed by atoms with Gasteiger partial charge in [0.15, 0.2) is 17.7 Å². The normalized spacial score (nSPS) is 24.1. The number of anilines is 1. The second kappa shape index (κ2) is 12.2. The molecule has 1 saturated heterocycles. The van der Waals surface area contributed by atoms with Crippen LogP contribution in [0.15, 0.2) is 12.7 Å². The molecule has 1 unspecified atom stereocenters. The Bertz CT molecular complexity index is 916. The van der Waals surface area contributed by atoms with Crippen molar-refractivity contribution in [3.05, 3.63) is 12.7 Å². The number of carboxylic acid groups (broad SMARTS) is 3. The summed E-state index contributed by atoms with van der Waals surface area (Å²) in [4.78, 5) is 31.3. The van der Waals surface area contributed by atoms with E-state index in [9.17, 15) is 15.0 Å². The van der Waals surface area contributed by atoms with E-state index in [-0.39, 0.29) is 35.6 Å². The SMILES string of the molecule is C[S+](CC[C@H](N)C(=O)O)C[C@H]1O[C@@H](n2cnc3c(N)ncnc32)[C@H](O)[C@@H]1O.O=C([O-])[O-].[Li+]. The van der Waals surface area contributed by atoms with Crippen LogP contribution in [0, 0.1) is 0 Å². The molecule has 0 bridgehead atoms. The molecule has 32 heavy (non-hydrogen) atoms. The molecule has 6 atom stereocenters. The van der Waals surface area contributed by atoms with Gasteiger partial charge in [0.1, 0.15) is 47.7 Å². The molecule has 2 aromatic heterocycles. The van der Waals surface area contributed by atoms with Gasteiger partial charge in [0.2, 0.25) is 0 Å². The van der Waals surface area contributed by atoms with Gasteiger partial charge in [-0.15, -0.1) is 0 Å². The van der Waals surface area contributed by atoms with Gasteiger partial charge in [-0.05, 0) is 17.1 Å². The number of hydrogen-bond donors (Lipinski definition) is 5. The number of imidazole rings is 1. The largest absolute Gasteiger partial charge is 1.00 e. The monoisotopic (exact) mass is 466 g/mol. The van der Waals surface area contributed by atoms with Crippen molar-refractivity contribution in [2.75, 3.05) is 23.5 Å². The van der Waals surface area contributed by atoms with Gasteiger partial charge in [-0.25, -0.2) is 15.0 Å². The third kappa shape index (κ3) is 6.94. The molecule has 0 spiro atoms. The fourth-order valence-corrected chi connectivity index (χ4v) is 4.63. The first-order valence-electron chi connectivity index (χ1n) is 8.93. The molecule has 0 aliphatic carbocycles. The zero-order valence-electron chi connectivity index (χ0n) is 17.4. The van der Waals surface area contributed by atoms with Crippen molar-refractivity contribution in [2.45, 2.75) is 37.0 Å². The predicted molar refractivity (Wildman–Crippen MR) is 104 cm³/mol. The maximum atomic E-state index is 10.8. The van der Waals surface area contributed by atoms with Crippen LogP contribution in [0.1, 0.15) is 12.6 Å². The first-order chi connectivity index (χ1) is 14.5. The summed E-state index contributed by atoms with van der Waals surface area (Å²) < 4.78 is 7.41. The quantitative estimate of drug-likeness (QED) is 0.188. The Kier molecular flexibility index (Phi) is 10.6. The number of fused-ring (bicyclic) bond motifs is 1. The number of carboxylic acids is 1. The van der Waals surface area contributed by atoms with E-state index in [0.717, 1.165) is 0 Å². The maximum Gasteiger partial charge on any atom is 1.00 e. The van der Waals surface area contributed by atoms with Crippen molar-refractivity contribution in [1.82, 2.24) is 19.5 Å². The Morgan fingerprint density at radius 2 is 1.91 bits per heavy atom. The average Bonchev–Trinajstić information content (AvgIpc) is 3.23. The third-order valence-electron chi connectivity index (χ3n) is 4.54. The molecule has 2 aromatic rings. The van der Waals surface area contributed by atoms with Crippen molar-refractivity contribution >= 4 is 40.0 Å². The molecule has 0 saturated carbocycles. The summed E-state index contributed by atoms with van der Waals surface area (Å²) in [5, 5.41) is 46.3. The molecule has 7 N–H and O–H groups in total. The van der Waals surface area contributed by atoms with Crippen molar-refractivity contribution in [2.24, 2.45) is 5.73 Å². The number of nitrogens with zero attached hydrogens (tertiary/aromatic N) is 4. The standard InChI is InChI=1S/C15H22N6O5S.CH2O3.Li/c1-27(3-2-7(16)15(24)25)4-8-10(22)11(23)14(26-8)21-6-20-9-12(17)18-5-19-13(9)21;2-1(3)4;/h5-8,10-11,14,22-23H,2-4,16H2,1H3,(H2-,17,18,19,24,25);(H2,2,3,4);/q;;+1/p-1/t7-,8+,10+,11+,14+,27?;;/m0../s1. The van der Waals surface area contributed by atoms with Crippen LogP contribution in [-0.4, -0.2) is 89.1 Å². The van der Waals surface area contributed by atoms with E-state index in [2.05, 4.69) is 15.0 Å². The smallest absolute Gasteiger partial charge is 0.652 e. The second-order valence-corrected chi connectivity index (χ2v) is 9.07. The van der Waals surface area contributed by atoms with Crippen LogP contribution >= 0.6 is 0 Å². The van der Waals surface area contributed by atoms with E-state index in [4.69, 9.17) is 36.3 Å². The molecule has 1 aliphatic rings. The van der Waals surface area contributed by atoms with Crippen molar-refractivity contribution in [3.63, 3.8) is 0 Å². The number of nitrogen functional groups attached to an aromatic ring is 1. The molecule has 0 amide bonds. The van der Waals surface area contributed by atoms with Crippen LogP contribution in [0.4, 0.5) is 10.6 Å². The molecule has 0 aromatic carbocycles. The Labute approximate surface area is 197 Å². The first-order valence-corrected chi connectivity index (χ1v) is 10.9. The number of aromatic nitrogens is 4. The number of ether oxygens (including phenoxy) is 1. The van der Waals surface area contributed by atoms with E-state index in [0.29, 0.717) is 29.1 Å². The summed E-state index contributed by atoms with van der Waals surface area (Å²) in [5.74, 6) is 0.254. The summed E-state index contributed by atoms with van der Waals surface area (Å²) >= 11 is 0. The van der Waals surface area contributed by atoms with Crippen molar-refractivity contribution in [3.8, 4) is 0 Å². The van der Waals surface area contributed by atoms with Gasteiger partial charge < -0.3 is 46.5 Å². The van der Waals surface area contributed by atoms with Crippen LogP contribution in [0.5, 0.6) is 0 Å². The van der Waals surface area contributed by atoms with Crippen LogP contribution in [0.3, 0.4) is 0 Å². The van der Waals surface area contributed by atoms with Crippen LogP contribution in [-0.2, 0) is 20.4 Å². The summed E-state index contributed by atoms with van der Waals surface area (Å²) in [6.07, 6.45) is -1.02. The third-order valence-corrected chi connectivity index (χ3v) is 6.37. The summed E-state index contributed by atoms with van der Waals surface area (Å²) in [5.41, 5.74) is 12.1. The number of carbonyl (C=O) groups is 2. The fourth-order valence-electron chi connectivity index (χ4n) is 2.97. The number of nitrogens with two attached hydrogens (primary N) is 2. The molecule has 172 valence electrons. The minimum absolute atomic E-state index is 0. The van der Waals surface area contributed by atoms with E-state index in [1.54, 1.807) is 0 Å². The van der Waals surface area contributed by atoms with Gasteiger partial charge in [0.25, 0.3) is 0 Å². The van der Waals surface area contributed by atoms with Gasteiger partial charge in [0, 0.05) is 6.42 Å². The number of hydrogen-bond acceptors (Lipinski definition) is 12. The van der Waals surface area contributed by atoms with E-state index >= 15 is 0 Å². The van der Waals surface area contributed by atoms with E-state index in [1.165, 1.54) is 17.2 Å². The summed E-state index contributed by atoms with van der Waals surface area (Å²) in [6.45, 7) is 0. The van der Waals surface area contributed by atoms with E-state index < -0.39 is 42.7 Å². The van der Waals surface area contributed by atoms with Gasteiger partial charge in [-0.3, -0.25) is 9.36 Å². The molecular formula is C16H23LiN6O8S. The van der Waals surface area contributed by atoms with Gasteiger partial charge in [0.05, 0.1) is 12.6 Å². The van der Waals surface area contributed by atoms with Gasteiger partial charge in [-0.2, -0.15) is 0 Å².